The Balaban J connectivity index is 2.96. The van der Waals surface area contributed by atoms with E-state index in [4.69, 9.17) is 0 Å². The second kappa shape index (κ2) is 6.88. The van der Waals surface area contributed by atoms with Crippen molar-refractivity contribution in [2.24, 2.45) is 0 Å². The van der Waals surface area contributed by atoms with Gasteiger partial charge < -0.3 is 9.80 Å². The van der Waals surface area contributed by atoms with Crippen LogP contribution in [-0.4, -0.2) is 60.0 Å². The van der Waals surface area contributed by atoms with Crippen LogP contribution in [0.4, 0.5) is 13.2 Å². The smallest absolute Gasteiger partial charge is 0.347 e. The van der Waals surface area contributed by atoms with Crippen molar-refractivity contribution < 1.29 is 22.8 Å². The summed E-state index contributed by atoms with van der Waals surface area (Å²) in [5.74, 6) is -1.56. The summed E-state index contributed by atoms with van der Waals surface area (Å²) < 4.78 is 38.2. The van der Waals surface area contributed by atoms with Gasteiger partial charge in [-0.2, -0.15) is 13.2 Å². The summed E-state index contributed by atoms with van der Waals surface area (Å²) in [4.78, 5) is 28.9. The van der Waals surface area contributed by atoms with Crippen molar-refractivity contribution >= 4 is 27.7 Å². The van der Waals surface area contributed by atoms with E-state index in [2.05, 4.69) is 20.9 Å². The van der Waals surface area contributed by atoms with Crippen molar-refractivity contribution in [1.29, 1.82) is 0 Å². The second-order valence-corrected chi connectivity index (χ2v) is 5.34. The lowest BCUT2D eigenvalue weighted by molar-refractivity contribution is -0.146. The number of aromatic nitrogens is 1. The molecule has 0 aliphatic carbocycles. The normalized spacial score (nSPS) is 11.1. The van der Waals surface area contributed by atoms with E-state index in [0.717, 1.165) is 4.90 Å². The Labute approximate surface area is 127 Å². The van der Waals surface area contributed by atoms with Gasteiger partial charge in [-0.05, 0) is 28.1 Å². The maximum absolute atomic E-state index is 12.6. The van der Waals surface area contributed by atoms with E-state index in [1.807, 2.05) is 0 Å². The van der Waals surface area contributed by atoms with Crippen LogP contribution in [0, 0.1) is 0 Å². The lowest BCUT2D eigenvalue weighted by Crippen LogP contribution is -2.45. The predicted octanol–water partition coefficient (Wildman–Crippen LogP) is 1.94. The first kappa shape index (κ1) is 17.4. The fourth-order valence-electron chi connectivity index (χ4n) is 1.38. The zero-order valence-corrected chi connectivity index (χ0v) is 12.9. The van der Waals surface area contributed by atoms with Gasteiger partial charge in [0.05, 0.1) is 0 Å². The second-order valence-electron chi connectivity index (χ2n) is 4.43. The van der Waals surface area contributed by atoms with E-state index in [9.17, 15) is 22.8 Å². The van der Waals surface area contributed by atoms with Crippen LogP contribution in [0.25, 0.3) is 0 Å². The summed E-state index contributed by atoms with van der Waals surface area (Å²) in [5.41, 5.74) is -0.158. The third-order valence-electron chi connectivity index (χ3n) is 2.43. The topological polar surface area (TPSA) is 53.5 Å². The van der Waals surface area contributed by atoms with Gasteiger partial charge in [0.1, 0.15) is 18.8 Å². The molecule has 0 aromatic carbocycles. The number of likely N-dealkylation sites (N-methyl/N-ethyl adjacent to an activating group) is 1. The molecule has 0 radical (unpaired) electrons. The number of rotatable bonds is 4. The predicted molar refractivity (Wildman–Crippen MR) is 72.6 cm³/mol. The van der Waals surface area contributed by atoms with Crippen molar-refractivity contribution in [3.8, 4) is 0 Å². The van der Waals surface area contributed by atoms with Gasteiger partial charge in [0, 0.05) is 24.8 Å². The first-order valence-corrected chi connectivity index (χ1v) is 6.57. The molecule has 0 atom stereocenters. The molecule has 0 bridgehead atoms. The quantitative estimate of drug-likeness (QED) is 0.816. The number of hydrogen-bond acceptors (Lipinski definition) is 3. The molecule has 9 heteroatoms. The maximum atomic E-state index is 12.6. The summed E-state index contributed by atoms with van der Waals surface area (Å²) >= 11 is 3.11. The Morgan fingerprint density at radius 3 is 2.33 bits per heavy atom. The molecule has 1 aromatic heterocycles. The maximum Gasteiger partial charge on any atom is 0.406 e. The summed E-state index contributed by atoms with van der Waals surface area (Å²) in [6.45, 7) is -2.17. The summed E-state index contributed by atoms with van der Waals surface area (Å²) in [7, 11) is 2.80. The van der Waals surface area contributed by atoms with Gasteiger partial charge in [-0.25, -0.2) is 4.98 Å². The minimum absolute atomic E-state index is 0.158. The highest BCUT2D eigenvalue weighted by molar-refractivity contribution is 9.10. The Morgan fingerprint density at radius 2 is 1.90 bits per heavy atom. The molecule has 0 fully saturated rings. The SMILES string of the molecule is CN(C)C(=O)CN(CC(F)(F)F)C(=O)c1ccc(Br)cn1. The number of hydrogen-bond donors (Lipinski definition) is 0. The van der Waals surface area contributed by atoms with Gasteiger partial charge >= 0.3 is 6.18 Å². The van der Waals surface area contributed by atoms with Crippen LogP contribution < -0.4 is 0 Å². The zero-order chi connectivity index (χ0) is 16.2. The minimum Gasteiger partial charge on any atom is -0.347 e. The Hall–Kier alpha value is -1.64. The molecule has 21 heavy (non-hydrogen) atoms. The highest BCUT2D eigenvalue weighted by Crippen LogP contribution is 2.18. The van der Waals surface area contributed by atoms with Crippen LogP contribution in [0.2, 0.25) is 0 Å². The fourth-order valence-corrected chi connectivity index (χ4v) is 1.62. The number of pyridine rings is 1. The monoisotopic (exact) mass is 367 g/mol. The van der Waals surface area contributed by atoms with Crippen molar-refractivity contribution in [2.45, 2.75) is 6.18 Å². The zero-order valence-electron chi connectivity index (χ0n) is 11.3. The largest absolute Gasteiger partial charge is 0.406 e. The van der Waals surface area contributed by atoms with Gasteiger partial charge in [-0.3, -0.25) is 9.59 Å². The van der Waals surface area contributed by atoms with Crippen LogP contribution in [0.1, 0.15) is 10.5 Å². The number of carbonyl (C=O) groups excluding carboxylic acids is 2. The highest BCUT2D eigenvalue weighted by atomic mass is 79.9. The van der Waals surface area contributed by atoms with Gasteiger partial charge in [0.25, 0.3) is 5.91 Å². The highest BCUT2D eigenvalue weighted by Gasteiger charge is 2.34. The molecule has 0 N–H and O–H groups in total. The molecular formula is C12H13BrF3N3O2. The van der Waals surface area contributed by atoms with E-state index in [1.165, 1.54) is 32.4 Å². The number of amides is 2. The Morgan fingerprint density at radius 1 is 1.29 bits per heavy atom. The molecule has 0 spiro atoms. The minimum atomic E-state index is -4.60. The molecule has 1 aromatic rings. The molecule has 1 rings (SSSR count). The molecule has 0 saturated heterocycles. The van der Waals surface area contributed by atoms with E-state index < -0.39 is 31.1 Å². The van der Waals surface area contributed by atoms with Gasteiger partial charge in [-0.1, -0.05) is 0 Å². The van der Waals surface area contributed by atoms with Crippen molar-refractivity contribution in [2.75, 3.05) is 27.2 Å². The first-order valence-electron chi connectivity index (χ1n) is 5.78. The molecule has 2 amide bonds. The summed E-state index contributed by atoms with van der Waals surface area (Å²) in [6, 6.07) is 2.77. The number of alkyl halides is 3. The summed E-state index contributed by atoms with van der Waals surface area (Å²) in [6.07, 6.45) is -3.30. The van der Waals surface area contributed by atoms with Gasteiger partial charge in [0.2, 0.25) is 5.91 Å². The van der Waals surface area contributed by atoms with E-state index in [1.54, 1.807) is 0 Å². The van der Waals surface area contributed by atoms with E-state index in [-0.39, 0.29) is 5.69 Å². The van der Waals surface area contributed by atoms with Crippen LogP contribution in [0.3, 0.4) is 0 Å². The van der Waals surface area contributed by atoms with E-state index in [0.29, 0.717) is 9.37 Å². The molecule has 0 aliphatic heterocycles. The lowest BCUT2D eigenvalue weighted by Gasteiger charge is -2.24. The molecule has 0 unspecified atom stereocenters. The van der Waals surface area contributed by atoms with Gasteiger partial charge in [-0.15, -0.1) is 0 Å². The molecular weight excluding hydrogens is 355 g/mol. The number of nitrogens with zero attached hydrogens (tertiary/aromatic N) is 3. The number of halogens is 4. The van der Waals surface area contributed by atoms with Crippen molar-refractivity contribution in [3.05, 3.63) is 28.5 Å². The van der Waals surface area contributed by atoms with Crippen LogP contribution in [-0.2, 0) is 4.79 Å². The average molecular weight is 368 g/mol. The fraction of sp³-hybridized carbons (Fsp3) is 0.417. The van der Waals surface area contributed by atoms with Crippen LogP contribution >= 0.6 is 15.9 Å². The lowest BCUT2D eigenvalue weighted by atomic mass is 10.3. The first-order chi connectivity index (χ1) is 9.60. The Kier molecular flexibility index (Phi) is 5.70. The molecule has 5 nitrogen and oxygen atoms in total. The molecule has 1 heterocycles. The van der Waals surface area contributed by atoms with Gasteiger partial charge in [0.15, 0.2) is 0 Å². The molecule has 0 saturated carbocycles. The average Bonchev–Trinajstić information content (AvgIpc) is 2.36. The van der Waals surface area contributed by atoms with Crippen LogP contribution in [0.15, 0.2) is 22.8 Å². The number of carbonyl (C=O) groups is 2. The third-order valence-corrected chi connectivity index (χ3v) is 2.90. The summed E-state index contributed by atoms with van der Waals surface area (Å²) in [5, 5.41) is 0. The standard InChI is InChI=1S/C12H13BrF3N3O2/c1-18(2)10(20)6-19(7-12(14,15)16)11(21)9-4-3-8(13)5-17-9/h3-5H,6-7H2,1-2H3. The van der Waals surface area contributed by atoms with Crippen molar-refractivity contribution in [1.82, 2.24) is 14.8 Å². The van der Waals surface area contributed by atoms with E-state index >= 15 is 0 Å². The Bertz CT molecular complexity index is 517. The molecule has 116 valence electrons. The third kappa shape index (κ3) is 5.70. The van der Waals surface area contributed by atoms with Crippen molar-refractivity contribution in [3.63, 3.8) is 0 Å². The molecule has 0 aliphatic rings. The van der Waals surface area contributed by atoms with Crippen LogP contribution in [0.5, 0.6) is 0 Å².